The predicted octanol–water partition coefficient (Wildman–Crippen LogP) is 1.70. The van der Waals surface area contributed by atoms with E-state index in [1.807, 2.05) is 13.8 Å². The summed E-state index contributed by atoms with van der Waals surface area (Å²) < 4.78 is 0. The van der Waals surface area contributed by atoms with Crippen molar-refractivity contribution in [1.82, 2.24) is 5.32 Å². The molecular formula is C13H17N3O3. The number of hydrogen-bond acceptors (Lipinski definition) is 4. The lowest BCUT2D eigenvalue weighted by Gasteiger charge is -2.14. The maximum Gasteiger partial charge on any atom is 0.292 e. The van der Waals surface area contributed by atoms with Gasteiger partial charge in [-0.25, -0.2) is 0 Å². The first-order valence-electron chi connectivity index (χ1n) is 6.25. The lowest BCUT2D eigenvalue weighted by Crippen LogP contribution is -2.28. The summed E-state index contributed by atoms with van der Waals surface area (Å²) in [5.41, 5.74) is 1.07. The van der Waals surface area contributed by atoms with Crippen LogP contribution in [-0.4, -0.2) is 23.9 Å². The van der Waals surface area contributed by atoms with E-state index in [0.29, 0.717) is 6.54 Å². The molecule has 0 bridgehead atoms. The van der Waals surface area contributed by atoms with Gasteiger partial charge in [-0.2, -0.15) is 0 Å². The highest BCUT2D eigenvalue weighted by atomic mass is 16.6. The monoisotopic (exact) mass is 263 g/mol. The summed E-state index contributed by atoms with van der Waals surface area (Å²) in [6.45, 7) is 5.24. The summed E-state index contributed by atoms with van der Waals surface area (Å²) in [5.74, 6) is -0.0600. The molecule has 1 aliphatic rings. The van der Waals surface area contributed by atoms with Crippen molar-refractivity contribution in [3.05, 3.63) is 33.9 Å². The minimum atomic E-state index is -0.481. The van der Waals surface area contributed by atoms with Gasteiger partial charge in [0.2, 0.25) is 5.91 Å². The van der Waals surface area contributed by atoms with Crippen LogP contribution in [-0.2, 0) is 4.79 Å². The Labute approximate surface area is 111 Å². The highest BCUT2D eigenvalue weighted by molar-refractivity contribution is 5.95. The number of amides is 1. The van der Waals surface area contributed by atoms with Crippen LogP contribution in [0.2, 0.25) is 0 Å². The van der Waals surface area contributed by atoms with Crippen molar-refractivity contribution in [2.75, 3.05) is 18.4 Å². The second-order valence-corrected chi connectivity index (χ2v) is 5.01. The maximum atomic E-state index is 12.1. The number of nitrogens with zero attached hydrogens (tertiary/aromatic N) is 1. The molecule has 2 N–H and O–H groups in total. The van der Waals surface area contributed by atoms with Crippen molar-refractivity contribution in [2.24, 2.45) is 11.8 Å². The van der Waals surface area contributed by atoms with Gasteiger partial charge in [-0.3, -0.25) is 14.9 Å². The number of nitro groups is 1. The minimum absolute atomic E-state index is 0.0717. The van der Waals surface area contributed by atoms with Gasteiger partial charge in [0, 0.05) is 12.6 Å². The molecule has 1 aromatic rings. The van der Waals surface area contributed by atoms with Gasteiger partial charge in [-0.15, -0.1) is 0 Å². The molecule has 1 heterocycles. The lowest BCUT2D eigenvalue weighted by atomic mass is 9.97. The molecule has 0 aliphatic carbocycles. The zero-order valence-electron chi connectivity index (χ0n) is 11.0. The Morgan fingerprint density at radius 2 is 2.21 bits per heavy atom. The van der Waals surface area contributed by atoms with E-state index in [-0.39, 0.29) is 29.1 Å². The molecule has 0 unspecified atom stereocenters. The Balaban J connectivity index is 2.20. The first-order valence-corrected chi connectivity index (χ1v) is 6.25. The standard InChI is InChI=1S/C13H17N3O3/c1-8-3-4-12(16(18)19)11(5-8)15-13(17)10-7-14-6-9(10)2/h3-5,9-10,14H,6-7H2,1-2H3,(H,15,17)/t9-,10-/m1/s1. The number of benzene rings is 1. The highest BCUT2D eigenvalue weighted by Gasteiger charge is 2.30. The smallest absolute Gasteiger partial charge is 0.292 e. The van der Waals surface area contributed by atoms with Gasteiger partial charge in [-0.05, 0) is 31.0 Å². The van der Waals surface area contributed by atoms with Crippen molar-refractivity contribution < 1.29 is 9.72 Å². The third-order valence-corrected chi connectivity index (χ3v) is 3.46. The van der Waals surface area contributed by atoms with Crippen molar-refractivity contribution in [1.29, 1.82) is 0 Å². The van der Waals surface area contributed by atoms with E-state index in [4.69, 9.17) is 0 Å². The fraction of sp³-hybridized carbons (Fsp3) is 0.462. The number of rotatable bonds is 3. The number of aryl methyl sites for hydroxylation is 1. The van der Waals surface area contributed by atoms with E-state index >= 15 is 0 Å². The second kappa shape index (κ2) is 5.36. The van der Waals surface area contributed by atoms with E-state index in [1.165, 1.54) is 6.07 Å². The minimum Gasteiger partial charge on any atom is -0.320 e. The summed E-state index contributed by atoms with van der Waals surface area (Å²) in [6.07, 6.45) is 0. The fourth-order valence-corrected chi connectivity index (χ4v) is 2.30. The normalized spacial score (nSPS) is 22.2. The van der Waals surface area contributed by atoms with Crippen molar-refractivity contribution >= 4 is 17.3 Å². The molecule has 19 heavy (non-hydrogen) atoms. The quantitative estimate of drug-likeness (QED) is 0.642. The van der Waals surface area contributed by atoms with E-state index in [1.54, 1.807) is 12.1 Å². The first kappa shape index (κ1) is 13.5. The SMILES string of the molecule is Cc1ccc([N+](=O)[O-])c(NC(=O)[C@@H]2CNC[C@H]2C)c1. The summed E-state index contributed by atoms with van der Waals surface area (Å²) in [7, 11) is 0. The molecule has 2 atom stereocenters. The van der Waals surface area contributed by atoms with Gasteiger partial charge < -0.3 is 10.6 Å². The Hall–Kier alpha value is -1.95. The van der Waals surface area contributed by atoms with Gasteiger partial charge in [0.05, 0.1) is 10.8 Å². The molecule has 0 aromatic heterocycles. The van der Waals surface area contributed by atoms with E-state index in [9.17, 15) is 14.9 Å². The van der Waals surface area contributed by atoms with E-state index in [0.717, 1.165) is 12.1 Å². The third-order valence-electron chi connectivity index (χ3n) is 3.46. The van der Waals surface area contributed by atoms with Crippen molar-refractivity contribution in [3.8, 4) is 0 Å². The molecule has 0 spiro atoms. The second-order valence-electron chi connectivity index (χ2n) is 5.01. The molecule has 0 radical (unpaired) electrons. The Morgan fingerprint density at radius 1 is 1.47 bits per heavy atom. The van der Waals surface area contributed by atoms with Crippen LogP contribution >= 0.6 is 0 Å². The molecule has 102 valence electrons. The fourth-order valence-electron chi connectivity index (χ4n) is 2.30. The number of nitro benzene ring substituents is 1. The molecule has 0 saturated carbocycles. The van der Waals surface area contributed by atoms with Crippen LogP contribution in [0.4, 0.5) is 11.4 Å². The average Bonchev–Trinajstić information content (AvgIpc) is 2.75. The van der Waals surface area contributed by atoms with Gasteiger partial charge in [0.1, 0.15) is 5.69 Å². The summed E-state index contributed by atoms with van der Waals surface area (Å²) in [5, 5.41) is 16.8. The Kier molecular flexibility index (Phi) is 3.80. The third kappa shape index (κ3) is 2.90. The largest absolute Gasteiger partial charge is 0.320 e. The summed E-state index contributed by atoms with van der Waals surface area (Å²) >= 11 is 0. The molecule has 2 rings (SSSR count). The molecule has 1 aliphatic heterocycles. The number of hydrogen-bond donors (Lipinski definition) is 2. The maximum absolute atomic E-state index is 12.1. The molecular weight excluding hydrogens is 246 g/mol. The van der Waals surface area contributed by atoms with Crippen LogP contribution in [0, 0.1) is 28.9 Å². The van der Waals surface area contributed by atoms with E-state index in [2.05, 4.69) is 10.6 Å². The lowest BCUT2D eigenvalue weighted by molar-refractivity contribution is -0.383. The topological polar surface area (TPSA) is 84.3 Å². The zero-order chi connectivity index (χ0) is 14.0. The van der Waals surface area contributed by atoms with Crippen molar-refractivity contribution in [2.45, 2.75) is 13.8 Å². The number of carbonyl (C=O) groups is 1. The molecule has 6 nitrogen and oxygen atoms in total. The van der Waals surface area contributed by atoms with Gasteiger partial charge >= 0.3 is 0 Å². The number of nitrogens with one attached hydrogen (secondary N) is 2. The molecule has 1 fully saturated rings. The van der Waals surface area contributed by atoms with Gasteiger partial charge in [0.15, 0.2) is 0 Å². The van der Waals surface area contributed by atoms with Crippen LogP contribution in [0.15, 0.2) is 18.2 Å². The Morgan fingerprint density at radius 3 is 2.79 bits per heavy atom. The number of carbonyl (C=O) groups excluding carboxylic acids is 1. The highest BCUT2D eigenvalue weighted by Crippen LogP contribution is 2.27. The summed E-state index contributed by atoms with van der Waals surface area (Å²) in [6, 6.07) is 4.71. The molecule has 1 aromatic carbocycles. The van der Waals surface area contributed by atoms with Crippen LogP contribution in [0.3, 0.4) is 0 Å². The Bertz CT molecular complexity index is 516. The summed E-state index contributed by atoms with van der Waals surface area (Å²) in [4.78, 5) is 22.6. The molecule has 1 saturated heterocycles. The molecule has 1 amide bonds. The van der Waals surface area contributed by atoms with Crippen LogP contribution in [0.5, 0.6) is 0 Å². The molecule has 6 heteroatoms. The predicted molar refractivity (Wildman–Crippen MR) is 72.0 cm³/mol. The van der Waals surface area contributed by atoms with Crippen molar-refractivity contribution in [3.63, 3.8) is 0 Å². The van der Waals surface area contributed by atoms with Crippen LogP contribution in [0.1, 0.15) is 12.5 Å². The van der Waals surface area contributed by atoms with Crippen LogP contribution in [0.25, 0.3) is 0 Å². The van der Waals surface area contributed by atoms with E-state index < -0.39 is 4.92 Å². The number of anilines is 1. The van der Waals surface area contributed by atoms with Gasteiger partial charge in [0.25, 0.3) is 5.69 Å². The average molecular weight is 263 g/mol. The first-order chi connectivity index (χ1) is 8.99. The van der Waals surface area contributed by atoms with Gasteiger partial charge in [-0.1, -0.05) is 13.0 Å². The van der Waals surface area contributed by atoms with Crippen LogP contribution < -0.4 is 10.6 Å². The zero-order valence-corrected chi connectivity index (χ0v) is 11.0.